The van der Waals surface area contributed by atoms with Crippen LogP contribution in [0.2, 0.25) is 5.02 Å². The lowest BCUT2D eigenvalue weighted by Crippen LogP contribution is -2.24. The van der Waals surface area contributed by atoms with Gasteiger partial charge in [0.05, 0.1) is 10.9 Å². The van der Waals surface area contributed by atoms with Crippen molar-refractivity contribution in [3.8, 4) is 0 Å². The summed E-state index contributed by atoms with van der Waals surface area (Å²) < 4.78 is 17.8. The molecule has 0 unspecified atom stereocenters. The molecule has 2 aromatic heterocycles. The molecule has 0 radical (unpaired) electrons. The summed E-state index contributed by atoms with van der Waals surface area (Å²) in [4.78, 5) is 13.2. The molecule has 0 atom stereocenters. The Bertz CT molecular complexity index is 1460. The normalized spacial score (nSPS) is 11.4. The Morgan fingerprint density at radius 3 is 2.53 bits per heavy atom. The van der Waals surface area contributed by atoms with E-state index in [1.54, 1.807) is 22.8 Å². The third kappa shape index (κ3) is 3.78. The summed E-state index contributed by atoms with van der Waals surface area (Å²) in [6.45, 7) is 0.471. The number of benzene rings is 3. The molecule has 0 spiro atoms. The van der Waals surface area contributed by atoms with Gasteiger partial charge in [-0.1, -0.05) is 71.9 Å². The highest BCUT2D eigenvalue weighted by Crippen LogP contribution is 2.29. The number of para-hydroxylation sites is 1. The van der Waals surface area contributed by atoms with E-state index in [1.165, 1.54) is 17.8 Å². The summed E-state index contributed by atoms with van der Waals surface area (Å²) in [7, 11) is 0. The van der Waals surface area contributed by atoms with Gasteiger partial charge in [0.15, 0.2) is 5.16 Å². The van der Waals surface area contributed by atoms with E-state index in [0.717, 1.165) is 11.1 Å². The van der Waals surface area contributed by atoms with Crippen LogP contribution in [0.1, 0.15) is 11.1 Å². The van der Waals surface area contributed by atoms with Crippen molar-refractivity contribution in [3.63, 3.8) is 0 Å². The minimum absolute atomic E-state index is 0.106. The van der Waals surface area contributed by atoms with Gasteiger partial charge in [0.2, 0.25) is 5.78 Å². The first-order valence-electron chi connectivity index (χ1n) is 10.1. The van der Waals surface area contributed by atoms with Gasteiger partial charge in [-0.15, -0.1) is 10.2 Å². The maximum absolute atomic E-state index is 14.2. The zero-order valence-electron chi connectivity index (χ0n) is 16.9. The Kier molecular flexibility index (Phi) is 5.68. The molecule has 5 rings (SSSR count). The van der Waals surface area contributed by atoms with Gasteiger partial charge in [-0.2, -0.15) is 0 Å². The van der Waals surface area contributed by atoms with Crippen LogP contribution in [0.3, 0.4) is 0 Å². The van der Waals surface area contributed by atoms with Crippen molar-refractivity contribution >= 4 is 40.0 Å². The maximum atomic E-state index is 14.2. The van der Waals surface area contributed by atoms with Crippen molar-refractivity contribution in [2.75, 3.05) is 0 Å². The molecular formula is C24H18ClFN4OS. The zero-order valence-corrected chi connectivity index (χ0v) is 18.5. The summed E-state index contributed by atoms with van der Waals surface area (Å²) in [6.07, 6.45) is 0.689. The molecule has 0 bridgehead atoms. The highest BCUT2D eigenvalue weighted by Gasteiger charge is 2.18. The van der Waals surface area contributed by atoms with Crippen LogP contribution in [0.25, 0.3) is 16.7 Å². The Balaban J connectivity index is 1.58. The fourth-order valence-electron chi connectivity index (χ4n) is 3.72. The fraction of sp³-hybridized carbons (Fsp3) is 0.125. The van der Waals surface area contributed by atoms with Crippen molar-refractivity contribution in [1.29, 1.82) is 0 Å². The highest BCUT2D eigenvalue weighted by atomic mass is 35.5. The van der Waals surface area contributed by atoms with Gasteiger partial charge in [-0.3, -0.25) is 13.8 Å². The third-order valence-electron chi connectivity index (χ3n) is 5.35. The lowest BCUT2D eigenvalue weighted by atomic mass is 10.1. The monoisotopic (exact) mass is 464 g/mol. The number of nitrogens with zero attached hydrogens (tertiary/aromatic N) is 4. The fourth-order valence-corrected chi connectivity index (χ4v) is 5.00. The molecule has 8 heteroatoms. The molecule has 32 heavy (non-hydrogen) atoms. The van der Waals surface area contributed by atoms with Crippen LogP contribution in [0.4, 0.5) is 4.39 Å². The second kappa shape index (κ2) is 8.76. The molecule has 0 fully saturated rings. The number of hydrogen-bond acceptors (Lipinski definition) is 4. The first kappa shape index (κ1) is 20.7. The molecule has 0 aliphatic heterocycles. The largest absolute Gasteiger partial charge is 0.276 e. The topological polar surface area (TPSA) is 52.2 Å². The van der Waals surface area contributed by atoms with Crippen molar-refractivity contribution in [2.24, 2.45) is 0 Å². The van der Waals surface area contributed by atoms with E-state index in [1.807, 2.05) is 52.9 Å². The van der Waals surface area contributed by atoms with Crippen LogP contribution in [0, 0.1) is 5.82 Å². The Morgan fingerprint density at radius 2 is 1.72 bits per heavy atom. The first-order valence-corrected chi connectivity index (χ1v) is 11.5. The van der Waals surface area contributed by atoms with E-state index in [0.29, 0.717) is 45.6 Å². The Labute approximate surface area is 192 Å². The molecule has 0 saturated carbocycles. The quantitative estimate of drug-likeness (QED) is 0.317. The molecule has 0 aliphatic carbocycles. The molecule has 0 N–H and O–H groups in total. The number of aryl methyl sites for hydroxylation is 2. The van der Waals surface area contributed by atoms with Gasteiger partial charge >= 0.3 is 0 Å². The smallest absolute Gasteiger partial charge is 0.262 e. The number of rotatable bonds is 6. The first-order chi connectivity index (χ1) is 15.6. The van der Waals surface area contributed by atoms with Crippen LogP contribution in [0.5, 0.6) is 0 Å². The van der Waals surface area contributed by atoms with Crippen LogP contribution < -0.4 is 5.56 Å². The van der Waals surface area contributed by atoms with Crippen LogP contribution >= 0.6 is 23.4 Å². The Hall–Kier alpha value is -3.16. The minimum Gasteiger partial charge on any atom is -0.276 e. The summed E-state index contributed by atoms with van der Waals surface area (Å²) in [6, 6.07) is 22.0. The third-order valence-corrected chi connectivity index (χ3v) is 6.66. The second-order valence-corrected chi connectivity index (χ2v) is 8.67. The van der Waals surface area contributed by atoms with Gasteiger partial charge in [-0.05, 0) is 36.2 Å². The van der Waals surface area contributed by atoms with Gasteiger partial charge in [0.25, 0.3) is 5.56 Å². The molecule has 0 aliphatic rings. The van der Waals surface area contributed by atoms with Crippen molar-refractivity contribution in [1.82, 2.24) is 19.2 Å². The van der Waals surface area contributed by atoms with E-state index in [2.05, 4.69) is 10.2 Å². The van der Waals surface area contributed by atoms with Gasteiger partial charge in [0.1, 0.15) is 5.82 Å². The number of aromatic nitrogens is 4. The van der Waals surface area contributed by atoms with E-state index in [9.17, 15) is 9.18 Å². The number of halogens is 2. The van der Waals surface area contributed by atoms with E-state index in [-0.39, 0.29) is 11.4 Å². The maximum Gasteiger partial charge on any atom is 0.262 e. The predicted octanol–water partition coefficient (Wildman–Crippen LogP) is 5.37. The minimum atomic E-state index is -0.358. The van der Waals surface area contributed by atoms with Crippen molar-refractivity contribution in [3.05, 3.63) is 105 Å². The number of thioether (sulfide) groups is 1. The average Bonchev–Trinajstić information content (AvgIpc) is 3.23. The van der Waals surface area contributed by atoms with Crippen LogP contribution in [-0.4, -0.2) is 19.2 Å². The molecule has 160 valence electrons. The summed E-state index contributed by atoms with van der Waals surface area (Å²) in [5, 5.41) is 10.2. The SMILES string of the molecule is O=c1c2ccccc2n2c(SCc3c(F)cccc3Cl)nnc2n1CCc1ccccc1. The lowest BCUT2D eigenvalue weighted by Gasteiger charge is -2.11. The number of hydrogen-bond donors (Lipinski definition) is 0. The molecule has 5 nitrogen and oxygen atoms in total. The standard InChI is InChI=1S/C24H18ClFN4OS/c25-19-10-6-11-20(26)18(19)15-32-24-28-27-23-29(14-13-16-7-2-1-3-8-16)22(31)17-9-4-5-12-21(17)30(23)24/h1-12H,13-15H2. The summed E-state index contributed by atoms with van der Waals surface area (Å²) in [5.74, 6) is 0.402. The average molecular weight is 465 g/mol. The van der Waals surface area contributed by atoms with Gasteiger partial charge in [0, 0.05) is 22.9 Å². The second-order valence-electron chi connectivity index (χ2n) is 7.32. The van der Waals surface area contributed by atoms with E-state index >= 15 is 0 Å². The summed E-state index contributed by atoms with van der Waals surface area (Å²) in [5.41, 5.74) is 2.16. The molecule has 5 aromatic rings. The molecule has 3 aromatic carbocycles. The Morgan fingerprint density at radius 1 is 0.938 bits per heavy atom. The van der Waals surface area contributed by atoms with Gasteiger partial charge < -0.3 is 0 Å². The molecule has 2 heterocycles. The molecular weight excluding hydrogens is 447 g/mol. The van der Waals surface area contributed by atoms with E-state index < -0.39 is 0 Å². The molecule has 0 saturated heterocycles. The van der Waals surface area contributed by atoms with Gasteiger partial charge in [-0.25, -0.2) is 4.39 Å². The predicted molar refractivity (Wildman–Crippen MR) is 126 cm³/mol. The molecule has 0 amide bonds. The van der Waals surface area contributed by atoms with Crippen molar-refractivity contribution < 1.29 is 4.39 Å². The van der Waals surface area contributed by atoms with E-state index in [4.69, 9.17) is 11.6 Å². The number of fused-ring (bicyclic) bond motifs is 3. The highest BCUT2D eigenvalue weighted by molar-refractivity contribution is 7.98. The van der Waals surface area contributed by atoms with Crippen LogP contribution in [0.15, 0.2) is 82.7 Å². The zero-order chi connectivity index (χ0) is 22.1. The van der Waals surface area contributed by atoms with Crippen molar-refractivity contribution in [2.45, 2.75) is 23.9 Å². The summed E-state index contributed by atoms with van der Waals surface area (Å²) >= 11 is 7.52. The van der Waals surface area contributed by atoms with Crippen LogP contribution in [-0.2, 0) is 18.7 Å². The lowest BCUT2D eigenvalue weighted by molar-refractivity contribution is 0.617.